The Morgan fingerprint density at radius 1 is 1.30 bits per heavy atom. The van der Waals surface area contributed by atoms with Crippen molar-refractivity contribution in [1.82, 2.24) is 10.2 Å². The van der Waals surface area contributed by atoms with Crippen molar-refractivity contribution in [2.45, 2.75) is 51.6 Å². The molecule has 1 unspecified atom stereocenters. The van der Waals surface area contributed by atoms with Crippen LogP contribution in [0.15, 0.2) is 11.8 Å². The van der Waals surface area contributed by atoms with Crippen LogP contribution < -0.4 is 5.32 Å². The molecule has 2 aliphatic rings. The van der Waals surface area contributed by atoms with Crippen LogP contribution in [-0.2, 0) is 9.47 Å². The van der Waals surface area contributed by atoms with E-state index >= 15 is 0 Å². The van der Waals surface area contributed by atoms with Gasteiger partial charge in [-0.15, -0.1) is 0 Å². The van der Waals surface area contributed by atoms with Gasteiger partial charge in [-0.05, 0) is 45.7 Å². The van der Waals surface area contributed by atoms with E-state index in [0.717, 1.165) is 64.5 Å². The lowest BCUT2D eigenvalue weighted by molar-refractivity contribution is -0.0268. The standard InChI is InChI=1S/C16H30N2O2/c1-4-8-17-15(14-7-5-6-11-20-14)16(2,3)18-9-12-19-13-10-18/h7,15,17H,4-6,8-13H2,1-3H3. The molecule has 0 amide bonds. The lowest BCUT2D eigenvalue weighted by atomic mass is 9.89. The van der Waals surface area contributed by atoms with Gasteiger partial charge in [0.2, 0.25) is 0 Å². The van der Waals surface area contributed by atoms with E-state index in [1.165, 1.54) is 0 Å². The van der Waals surface area contributed by atoms with Crippen molar-refractivity contribution in [2.24, 2.45) is 0 Å². The van der Waals surface area contributed by atoms with E-state index in [9.17, 15) is 0 Å². The van der Waals surface area contributed by atoms with Crippen molar-refractivity contribution in [2.75, 3.05) is 39.5 Å². The Morgan fingerprint density at radius 3 is 2.65 bits per heavy atom. The summed E-state index contributed by atoms with van der Waals surface area (Å²) >= 11 is 0. The second-order valence-corrected chi connectivity index (χ2v) is 6.24. The molecule has 0 aromatic heterocycles. The topological polar surface area (TPSA) is 33.7 Å². The van der Waals surface area contributed by atoms with Crippen LogP contribution in [0.4, 0.5) is 0 Å². The van der Waals surface area contributed by atoms with E-state index in [2.05, 4.69) is 37.1 Å². The molecule has 1 fully saturated rings. The minimum absolute atomic E-state index is 0.0438. The molecule has 1 N–H and O–H groups in total. The first kappa shape index (κ1) is 15.8. The second-order valence-electron chi connectivity index (χ2n) is 6.24. The minimum atomic E-state index is 0.0438. The molecule has 4 heteroatoms. The first-order valence-corrected chi connectivity index (χ1v) is 8.05. The lowest BCUT2D eigenvalue weighted by Crippen LogP contribution is -2.61. The molecule has 2 rings (SSSR count). The van der Waals surface area contributed by atoms with Gasteiger partial charge in [-0.1, -0.05) is 6.92 Å². The smallest absolute Gasteiger partial charge is 0.111 e. The molecule has 20 heavy (non-hydrogen) atoms. The minimum Gasteiger partial charge on any atom is -0.497 e. The normalized spacial score (nSPS) is 23.1. The highest BCUT2D eigenvalue weighted by Crippen LogP contribution is 2.28. The zero-order chi connectivity index (χ0) is 14.4. The van der Waals surface area contributed by atoms with Crippen molar-refractivity contribution >= 4 is 0 Å². The fourth-order valence-corrected chi connectivity index (χ4v) is 3.09. The largest absolute Gasteiger partial charge is 0.497 e. The summed E-state index contributed by atoms with van der Waals surface area (Å²) in [4.78, 5) is 2.53. The molecule has 0 aliphatic carbocycles. The van der Waals surface area contributed by atoms with E-state index < -0.39 is 0 Å². The third-order valence-corrected chi connectivity index (χ3v) is 4.38. The van der Waals surface area contributed by atoms with Crippen molar-refractivity contribution in [3.8, 4) is 0 Å². The molecule has 0 spiro atoms. The van der Waals surface area contributed by atoms with Crippen molar-refractivity contribution in [3.63, 3.8) is 0 Å². The summed E-state index contributed by atoms with van der Waals surface area (Å²) in [6, 6.07) is 0.265. The maximum Gasteiger partial charge on any atom is 0.111 e. The Bertz CT molecular complexity index is 322. The third-order valence-electron chi connectivity index (χ3n) is 4.38. The van der Waals surface area contributed by atoms with Crippen molar-refractivity contribution in [3.05, 3.63) is 11.8 Å². The van der Waals surface area contributed by atoms with Gasteiger partial charge in [-0.2, -0.15) is 0 Å². The molecule has 1 saturated heterocycles. The van der Waals surface area contributed by atoms with E-state index in [1.54, 1.807) is 0 Å². The summed E-state index contributed by atoms with van der Waals surface area (Å²) < 4.78 is 11.4. The number of morpholine rings is 1. The first-order valence-electron chi connectivity index (χ1n) is 8.05. The van der Waals surface area contributed by atoms with Gasteiger partial charge in [-0.25, -0.2) is 0 Å². The van der Waals surface area contributed by atoms with Gasteiger partial charge in [-0.3, -0.25) is 4.90 Å². The van der Waals surface area contributed by atoms with E-state index in [0.29, 0.717) is 0 Å². The molecule has 116 valence electrons. The number of hydrogen-bond acceptors (Lipinski definition) is 4. The Morgan fingerprint density at radius 2 is 2.05 bits per heavy atom. The van der Waals surface area contributed by atoms with Crippen molar-refractivity contribution < 1.29 is 9.47 Å². The van der Waals surface area contributed by atoms with Gasteiger partial charge in [0.05, 0.1) is 25.9 Å². The molecule has 0 radical (unpaired) electrons. The number of rotatable bonds is 6. The monoisotopic (exact) mass is 282 g/mol. The fourth-order valence-electron chi connectivity index (χ4n) is 3.09. The first-order chi connectivity index (χ1) is 9.66. The van der Waals surface area contributed by atoms with Gasteiger partial charge < -0.3 is 14.8 Å². The molecule has 4 nitrogen and oxygen atoms in total. The molecule has 0 saturated carbocycles. The van der Waals surface area contributed by atoms with Gasteiger partial charge in [0.15, 0.2) is 0 Å². The Balaban J connectivity index is 2.12. The van der Waals surface area contributed by atoms with E-state index in [1.807, 2.05) is 0 Å². The summed E-state index contributed by atoms with van der Waals surface area (Å²) in [5.41, 5.74) is 0.0438. The van der Waals surface area contributed by atoms with Crippen LogP contribution in [0.2, 0.25) is 0 Å². The maximum absolute atomic E-state index is 5.95. The summed E-state index contributed by atoms with van der Waals surface area (Å²) in [7, 11) is 0. The van der Waals surface area contributed by atoms with Crippen LogP contribution in [0.1, 0.15) is 40.0 Å². The van der Waals surface area contributed by atoms with Crippen LogP contribution in [0.25, 0.3) is 0 Å². The molecule has 2 heterocycles. The molecule has 2 aliphatic heterocycles. The fraction of sp³-hybridized carbons (Fsp3) is 0.875. The number of nitrogens with zero attached hydrogens (tertiary/aromatic N) is 1. The van der Waals surface area contributed by atoms with Gasteiger partial charge >= 0.3 is 0 Å². The molecular weight excluding hydrogens is 252 g/mol. The SMILES string of the molecule is CCCNC(C1=CCCCO1)C(C)(C)N1CCOCC1. The highest BCUT2D eigenvalue weighted by Gasteiger charge is 2.39. The molecule has 1 atom stereocenters. The maximum atomic E-state index is 5.95. The van der Waals surface area contributed by atoms with Gasteiger partial charge in [0, 0.05) is 18.6 Å². The van der Waals surface area contributed by atoms with Gasteiger partial charge in [0.1, 0.15) is 5.76 Å². The number of nitrogens with one attached hydrogen (secondary N) is 1. The summed E-state index contributed by atoms with van der Waals surface area (Å²) in [6.07, 6.45) is 5.70. The predicted molar refractivity (Wildman–Crippen MR) is 81.8 cm³/mol. The molecular formula is C16H30N2O2. The highest BCUT2D eigenvalue weighted by molar-refractivity contribution is 5.14. The predicted octanol–water partition coefficient (Wildman–Crippen LogP) is 2.16. The lowest BCUT2D eigenvalue weighted by Gasteiger charge is -2.46. The van der Waals surface area contributed by atoms with Crippen LogP contribution >= 0.6 is 0 Å². The number of ether oxygens (including phenoxy) is 2. The summed E-state index contributed by atoms with van der Waals surface area (Å²) in [5.74, 6) is 1.14. The average Bonchev–Trinajstić information content (AvgIpc) is 2.49. The average molecular weight is 282 g/mol. The quantitative estimate of drug-likeness (QED) is 0.809. The Hall–Kier alpha value is -0.580. The third kappa shape index (κ3) is 3.74. The molecule has 0 aromatic rings. The molecule has 0 bridgehead atoms. The van der Waals surface area contributed by atoms with Crippen LogP contribution in [-0.4, -0.2) is 55.9 Å². The highest BCUT2D eigenvalue weighted by atomic mass is 16.5. The Kier molecular flexibility index (Phi) is 5.87. The zero-order valence-electron chi connectivity index (χ0n) is 13.3. The summed E-state index contributed by atoms with van der Waals surface area (Å²) in [6.45, 7) is 12.4. The zero-order valence-corrected chi connectivity index (χ0v) is 13.3. The van der Waals surface area contributed by atoms with E-state index in [-0.39, 0.29) is 11.6 Å². The number of allylic oxidation sites excluding steroid dienone is 1. The van der Waals surface area contributed by atoms with Crippen LogP contribution in [0, 0.1) is 0 Å². The van der Waals surface area contributed by atoms with Crippen molar-refractivity contribution in [1.29, 1.82) is 0 Å². The van der Waals surface area contributed by atoms with Gasteiger partial charge in [0.25, 0.3) is 0 Å². The van der Waals surface area contributed by atoms with E-state index in [4.69, 9.17) is 9.47 Å². The second kappa shape index (κ2) is 7.43. The van der Waals surface area contributed by atoms with Crippen LogP contribution in [0.5, 0.6) is 0 Å². The summed E-state index contributed by atoms with van der Waals surface area (Å²) in [5, 5.41) is 3.70. The number of hydrogen-bond donors (Lipinski definition) is 1. The van der Waals surface area contributed by atoms with Crippen LogP contribution in [0.3, 0.4) is 0 Å². The Labute approximate surface area is 123 Å². The molecule has 0 aromatic carbocycles.